The van der Waals surface area contributed by atoms with Crippen LogP contribution in [0.1, 0.15) is 28.5 Å². The molecule has 1 radical (unpaired) electrons. The van der Waals surface area contributed by atoms with E-state index in [0.717, 1.165) is 16.7 Å². The lowest BCUT2D eigenvalue weighted by Gasteiger charge is -2.50. The van der Waals surface area contributed by atoms with E-state index < -0.39 is 23.6 Å². The van der Waals surface area contributed by atoms with Gasteiger partial charge in [-0.05, 0) is 30.5 Å². The fraction of sp³-hybridized carbons (Fsp3) is 0.207. The van der Waals surface area contributed by atoms with Crippen molar-refractivity contribution >= 4 is 0 Å². The van der Waals surface area contributed by atoms with Gasteiger partial charge in [-0.2, -0.15) is 0 Å². The summed E-state index contributed by atoms with van der Waals surface area (Å²) in [5.74, 6) is 0. The van der Waals surface area contributed by atoms with Crippen LogP contribution in [0.25, 0.3) is 0 Å². The Balaban J connectivity index is 1.75. The molecule has 1 aliphatic heterocycles. The average Bonchev–Trinajstić information content (AvgIpc) is 2.89. The van der Waals surface area contributed by atoms with E-state index in [4.69, 9.17) is 4.74 Å². The first-order valence-electron chi connectivity index (χ1n) is 11.7. The minimum Gasteiger partial charge on any atom is -0.352 e. The molecule has 2 atom stereocenters. The minimum absolute atomic E-state index is 0.317. The molecule has 0 bridgehead atoms. The molecular formula is C29H28N3O3. The van der Waals surface area contributed by atoms with Crippen molar-refractivity contribution in [2.45, 2.75) is 24.8 Å². The van der Waals surface area contributed by atoms with Crippen molar-refractivity contribution in [2.24, 2.45) is 0 Å². The van der Waals surface area contributed by atoms with Crippen LogP contribution in [0, 0.1) is 13.8 Å². The van der Waals surface area contributed by atoms with Crippen LogP contribution in [-0.2, 0) is 10.3 Å². The van der Waals surface area contributed by atoms with E-state index >= 15 is 0 Å². The molecule has 2 heterocycles. The van der Waals surface area contributed by atoms with Gasteiger partial charge in [0, 0.05) is 24.8 Å². The van der Waals surface area contributed by atoms with E-state index in [1.165, 1.54) is 10.8 Å². The highest BCUT2D eigenvalue weighted by atomic mass is 16.5. The van der Waals surface area contributed by atoms with Crippen LogP contribution in [0.5, 0.6) is 0 Å². The number of nitrogens with zero attached hydrogens (tertiary/aromatic N) is 2. The zero-order valence-corrected chi connectivity index (χ0v) is 19.6. The quantitative estimate of drug-likeness (QED) is 0.454. The summed E-state index contributed by atoms with van der Waals surface area (Å²) in [6, 6.07) is 30.9. The van der Waals surface area contributed by atoms with Crippen molar-refractivity contribution in [1.29, 1.82) is 0 Å². The Morgan fingerprint density at radius 1 is 0.829 bits per heavy atom. The van der Waals surface area contributed by atoms with Gasteiger partial charge in [0.15, 0.2) is 6.23 Å². The Kier molecular flexibility index (Phi) is 6.24. The van der Waals surface area contributed by atoms with Gasteiger partial charge in [0.1, 0.15) is 0 Å². The molecule has 35 heavy (non-hydrogen) atoms. The van der Waals surface area contributed by atoms with Crippen molar-refractivity contribution in [3.63, 3.8) is 0 Å². The third-order valence-electron chi connectivity index (χ3n) is 6.67. The van der Waals surface area contributed by atoms with Gasteiger partial charge >= 0.3 is 5.69 Å². The third-order valence-corrected chi connectivity index (χ3v) is 6.67. The highest BCUT2D eigenvalue weighted by Crippen LogP contribution is 2.44. The number of benzene rings is 3. The maximum Gasteiger partial charge on any atom is 0.330 e. The van der Waals surface area contributed by atoms with E-state index in [-0.39, 0.29) is 5.56 Å². The highest BCUT2D eigenvalue weighted by Gasteiger charge is 2.46. The largest absolute Gasteiger partial charge is 0.352 e. The van der Waals surface area contributed by atoms with Crippen LogP contribution in [0.3, 0.4) is 0 Å². The number of aryl methyl sites for hydroxylation is 1. The molecule has 5 rings (SSSR count). The number of aromatic amines is 1. The summed E-state index contributed by atoms with van der Waals surface area (Å²) in [5.41, 5.74) is 2.14. The first-order chi connectivity index (χ1) is 17.0. The monoisotopic (exact) mass is 466 g/mol. The highest BCUT2D eigenvalue weighted by molar-refractivity contribution is 5.49. The molecule has 1 saturated heterocycles. The van der Waals surface area contributed by atoms with Crippen molar-refractivity contribution in [2.75, 3.05) is 13.1 Å². The summed E-state index contributed by atoms with van der Waals surface area (Å²) in [5, 5.41) is 0. The first kappa shape index (κ1) is 23.0. The van der Waals surface area contributed by atoms with E-state index in [2.05, 4.69) is 53.2 Å². The molecule has 6 heteroatoms. The molecule has 177 valence electrons. The van der Waals surface area contributed by atoms with Gasteiger partial charge in [0.25, 0.3) is 5.56 Å². The molecule has 1 aliphatic rings. The second kappa shape index (κ2) is 9.49. The molecule has 1 aromatic heterocycles. The average molecular weight is 467 g/mol. The summed E-state index contributed by atoms with van der Waals surface area (Å²) in [7, 11) is 0. The van der Waals surface area contributed by atoms with Gasteiger partial charge in [-0.15, -0.1) is 0 Å². The summed E-state index contributed by atoms with van der Waals surface area (Å²) < 4.78 is 7.28. The summed E-state index contributed by atoms with van der Waals surface area (Å²) in [6.45, 7) is 6.71. The molecule has 0 aliphatic carbocycles. The second-order valence-electron chi connectivity index (χ2n) is 8.88. The van der Waals surface area contributed by atoms with E-state index in [0.29, 0.717) is 18.7 Å². The molecule has 6 nitrogen and oxygen atoms in total. The molecule has 1 N–H and O–H groups in total. The number of rotatable bonds is 5. The fourth-order valence-corrected chi connectivity index (χ4v) is 5.16. The molecule has 0 spiro atoms. The SMILES string of the molecule is [CH2]C1CN(C(c2ccccc2)(c2ccccc2)c2ccccc2)CC(n2c(=O)[nH]cc(C)c2=O)O1. The lowest BCUT2D eigenvalue weighted by Crippen LogP contribution is -2.58. The lowest BCUT2D eigenvalue weighted by atomic mass is 9.75. The van der Waals surface area contributed by atoms with Crippen LogP contribution in [0.2, 0.25) is 0 Å². The molecular weight excluding hydrogens is 438 g/mol. The first-order valence-corrected chi connectivity index (χ1v) is 11.7. The second-order valence-corrected chi connectivity index (χ2v) is 8.88. The van der Waals surface area contributed by atoms with Crippen molar-refractivity contribution in [1.82, 2.24) is 14.5 Å². The number of H-pyrrole nitrogens is 1. The summed E-state index contributed by atoms with van der Waals surface area (Å²) >= 11 is 0. The Morgan fingerprint density at radius 3 is 1.80 bits per heavy atom. The Hall–Kier alpha value is -3.74. The minimum atomic E-state index is -0.794. The number of ether oxygens (including phenoxy) is 1. The maximum absolute atomic E-state index is 13.0. The Labute approximate surface area is 204 Å². The van der Waals surface area contributed by atoms with E-state index in [1.54, 1.807) is 6.92 Å². The number of aromatic nitrogens is 2. The summed E-state index contributed by atoms with van der Waals surface area (Å²) in [4.78, 5) is 30.7. The van der Waals surface area contributed by atoms with Gasteiger partial charge in [0.2, 0.25) is 0 Å². The topological polar surface area (TPSA) is 67.3 Å². The van der Waals surface area contributed by atoms with Gasteiger partial charge in [-0.1, -0.05) is 91.0 Å². The molecule has 3 aromatic carbocycles. The number of hydrogen-bond donors (Lipinski definition) is 1. The smallest absolute Gasteiger partial charge is 0.330 e. The number of nitrogens with one attached hydrogen (secondary N) is 1. The van der Waals surface area contributed by atoms with Crippen LogP contribution in [-0.4, -0.2) is 33.6 Å². The van der Waals surface area contributed by atoms with E-state index in [1.807, 2.05) is 54.6 Å². The van der Waals surface area contributed by atoms with Gasteiger partial charge < -0.3 is 9.72 Å². The predicted molar refractivity (Wildman–Crippen MR) is 136 cm³/mol. The van der Waals surface area contributed by atoms with Crippen LogP contribution in [0.15, 0.2) is 107 Å². The Bertz CT molecular complexity index is 1300. The number of morpholine rings is 1. The Morgan fingerprint density at radius 2 is 1.31 bits per heavy atom. The summed E-state index contributed by atoms with van der Waals surface area (Å²) in [6.07, 6.45) is 0.181. The molecule has 2 unspecified atom stereocenters. The van der Waals surface area contributed by atoms with Crippen molar-refractivity contribution in [3.8, 4) is 0 Å². The van der Waals surface area contributed by atoms with Crippen LogP contribution in [0.4, 0.5) is 0 Å². The number of hydrogen-bond acceptors (Lipinski definition) is 4. The van der Waals surface area contributed by atoms with Gasteiger partial charge in [-0.3, -0.25) is 9.69 Å². The third kappa shape index (κ3) is 4.05. The fourth-order valence-electron chi connectivity index (χ4n) is 5.16. The van der Waals surface area contributed by atoms with E-state index in [9.17, 15) is 9.59 Å². The van der Waals surface area contributed by atoms with Crippen molar-refractivity contribution in [3.05, 3.63) is 147 Å². The van der Waals surface area contributed by atoms with Crippen molar-refractivity contribution < 1.29 is 4.74 Å². The molecule has 4 aromatic rings. The molecule has 0 saturated carbocycles. The lowest BCUT2D eigenvalue weighted by molar-refractivity contribution is -0.123. The van der Waals surface area contributed by atoms with Gasteiger partial charge in [0.05, 0.1) is 11.6 Å². The van der Waals surface area contributed by atoms with Gasteiger partial charge in [-0.25, -0.2) is 9.36 Å². The zero-order chi connectivity index (χ0) is 24.4. The van der Waals surface area contributed by atoms with Crippen LogP contribution >= 0.6 is 0 Å². The van der Waals surface area contributed by atoms with Crippen LogP contribution < -0.4 is 11.2 Å². The predicted octanol–water partition coefficient (Wildman–Crippen LogP) is 3.87. The molecule has 0 amide bonds. The standard InChI is InChI=1S/C29H28N3O3/c1-21-18-30-28(34)32(27(21)33)26-20-31(19-22(2)35-26)29(23-12-6-3-7-13-23,24-14-8-4-9-15-24)25-16-10-5-11-17-25/h3-18,22,26H,2,19-20H2,1H3,(H,30,34). The normalized spacial score (nSPS) is 18.9. The maximum atomic E-state index is 13.0. The zero-order valence-electron chi connectivity index (χ0n) is 19.6. The molecule has 1 fully saturated rings.